The third-order valence-electron chi connectivity index (χ3n) is 3.63. The maximum absolute atomic E-state index is 12.4. The van der Waals surface area contributed by atoms with Gasteiger partial charge in [-0.1, -0.05) is 0 Å². The lowest BCUT2D eigenvalue weighted by atomic mass is 9.97. The zero-order valence-electron chi connectivity index (χ0n) is 15.1. The topological polar surface area (TPSA) is 90.9 Å². The lowest BCUT2D eigenvalue weighted by molar-refractivity contribution is -0.173. The Bertz CT molecular complexity index is 703. The van der Waals surface area contributed by atoms with Crippen molar-refractivity contribution in [3.8, 4) is 11.5 Å². The molecule has 1 aromatic carbocycles. The van der Waals surface area contributed by atoms with Crippen molar-refractivity contribution in [3.63, 3.8) is 0 Å². The van der Waals surface area contributed by atoms with Crippen LogP contribution in [0, 0.1) is 0 Å². The van der Waals surface area contributed by atoms with Crippen LogP contribution in [-0.2, 0) is 20.7 Å². The van der Waals surface area contributed by atoms with Crippen LogP contribution in [0.5, 0.6) is 11.5 Å². The Labute approximate surface area is 153 Å². The molecule has 1 N–H and O–H groups in total. The van der Waals surface area contributed by atoms with Crippen LogP contribution < -0.4 is 14.8 Å². The van der Waals surface area contributed by atoms with E-state index in [2.05, 4.69) is 4.74 Å². The molecule has 150 valence electrons. The van der Waals surface area contributed by atoms with E-state index in [1.807, 2.05) is 0 Å². The highest BCUT2D eigenvalue weighted by molar-refractivity contribution is 5.99. The third-order valence-corrected chi connectivity index (χ3v) is 3.63. The number of rotatable bonds is 9. The fourth-order valence-electron chi connectivity index (χ4n) is 2.25. The number of ether oxygens (including phenoxy) is 3. The normalized spacial score (nSPS) is 10.9. The van der Waals surface area contributed by atoms with Crippen LogP contribution >= 0.6 is 0 Å². The second kappa shape index (κ2) is 9.79. The van der Waals surface area contributed by atoms with Gasteiger partial charge in [0.25, 0.3) is 0 Å². The first-order valence-corrected chi connectivity index (χ1v) is 7.84. The molecule has 0 bridgehead atoms. The smallest absolute Gasteiger partial charge is 0.471 e. The Kier molecular flexibility index (Phi) is 8.07. The number of halogens is 3. The summed E-state index contributed by atoms with van der Waals surface area (Å²) in [6, 6.07) is 2.84. The van der Waals surface area contributed by atoms with Gasteiger partial charge < -0.3 is 19.5 Å². The number of amides is 1. The van der Waals surface area contributed by atoms with E-state index in [9.17, 15) is 27.6 Å². The molecule has 0 spiro atoms. The zero-order chi connectivity index (χ0) is 20.6. The first-order chi connectivity index (χ1) is 12.6. The number of hydrogen-bond donors (Lipinski definition) is 1. The van der Waals surface area contributed by atoms with Crippen molar-refractivity contribution in [2.75, 3.05) is 27.9 Å². The van der Waals surface area contributed by atoms with Crippen LogP contribution in [-0.4, -0.2) is 51.7 Å². The molecule has 1 rings (SSSR count). The Morgan fingerprint density at radius 2 is 1.59 bits per heavy atom. The van der Waals surface area contributed by atoms with E-state index < -0.39 is 23.8 Å². The van der Waals surface area contributed by atoms with Gasteiger partial charge in [-0.05, 0) is 24.1 Å². The van der Waals surface area contributed by atoms with E-state index in [4.69, 9.17) is 9.47 Å². The Balaban J connectivity index is 3.03. The van der Waals surface area contributed by atoms with Gasteiger partial charge in [0.05, 0.1) is 27.8 Å². The van der Waals surface area contributed by atoms with E-state index in [0.717, 1.165) is 0 Å². The number of hydrogen-bond acceptors (Lipinski definition) is 6. The largest absolute Gasteiger partial charge is 0.493 e. The van der Waals surface area contributed by atoms with E-state index in [-0.39, 0.29) is 42.9 Å². The Morgan fingerprint density at radius 3 is 2.11 bits per heavy atom. The predicted octanol–water partition coefficient (Wildman–Crippen LogP) is 2.06. The quantitative estimate of drug-likeness (QED) is 0.512. The molecule has 0 aliphatic heterocycles. The van der Waals surface area contributed by atoms with Crippen molar-refractivity contribution in [3.05, 3.63) is 23.3 Å². The minimum absolute atomic E-state index is 0.0541. The maximum atomic E-state index is 12.4. The van der Waals surface area contributed by atoms with Crippen LogP contribution in [0.1, 0.15) is 28.8 Å². The van der Waals surface area contributed by atoms with Gasteiger partial charge in [0, 0.05) is 18.5 Å². The van der Waals surface area contributed by atoms with E-state index in [1.54, 1.807) is 5.32 Å². The first kappa shape index (κ1) is 22.3. The van der Waals surface area contributed by atoms with Gasteiger partial charge in [-0.15, -0.1) is 0 Å². The standard InChI is InChI=1S/C17H20F3NO6/c1-25-13-8-10(6-7-21-16(24)17(18,19)20)11(9-14(13)26-2)12(22)4-5-15(23)27-3/h8-9H,4-7H2,1-3H3,(H,21,24). The molecule has 0 aromatic heterocycles. The number of Topliss-reactive ketones (excluding diaryl/α,β-unsaturated/α-hetero) is 1. The highest BCUT2D eigenvalue weighted by atomic mass is 19.4. The van der Waals surface area contributed by atoms with Gasteiger partial charge in [-0.2, -0.15) is 13.2 Å². The Morgan fingerprint density at radius 1 is 1.00 bits per heavy atom. The number of alkyl halides is 3. The fourth-order valence-corrected chi connectivity index (χ4v) is 2.25. The van der Waals surface area contributed by atoms with Gasteiger partial charge in [0.2, 0.25) is 0 Å². The highest BCUT2D eigenvalue weighted by Gasteiger charge is 2.38. The van der Waals surface area contributed by atoms with Crippen molar-refractivity contribution < 1.29 is 41.8 Å². The summed E-state index contributed by atoms with van der Waals surface area (Å²) < 4.78 is 51.5. The molecule has 0 fully saturated rings. The molecular weight excluding hydrogens is 371 g/mol. The molecule has 0 heterocycles. The second-order valence-corrected chi connectivity index (χ2v) is 5.37. The summed E-state index contributed by atoms with van der Waals surface area (Å²) in [5, 5.41) is 1.74. The summed E-state index contributed by atoms with van der Waals surface area (Å²) in [5.41, 5.74) is 0.516. The van der Waals surface area contributed by atoms with Crippen LogP contribution in [0.4, 0.5) is 13.2 Å². The fraction of sp³-hybridized carbons (Fsp3) is 0.471. The SMILES string of the molecule is COC(=O)CCC(=O)c1cc(OC)c(OC)cc1CCNC(=O)C(F)(F)F. The molecule has 1 amide bonds. The molecule has 0 atom stereocenters. The molecular formula is C17H20F3NO6. The minimum atomic E-state index is -4.99. The number of ketones is 1. The second-order valence-electron chi connectivity index (χ2n) is 5.37. The predicted molar refractivity (Wildman–Crippen MR) is 87.9 cm³/mol. The van der Waals surface area contributed by atoms with Gasteiger partial charge >= 0.3 is 18.1 Å². The van der Waals surface area contributed by atoms with Crippen molar-refractivity contribution >= 4 is 17.7 Å². The number of carbonyl (C=O) groups excluding carboxylic acids is 3. The summed E-state index contributed by atoms with van der Waals surface area (Å²) >= 11 is 0. The maximum Gasteiger partial charge on any atom is 0.471 e. The summed E-state index contributed by atoms with van der Waals surface area (Å²) in [5.74, 6) is -2.52. The van der Waals surface area contributed by atoms with Gasteiger partial charge in [0.1, 0.15) is 0 Å². The van der Waals surface area contributed by atoms with Crippen LogP contribution in [0.3, 0.4) is 0 Å². The van der Waals surface area contributed by atoms with Gasteiger partial charge in [0.15, 0.2) is 17.3 Å². The number of carbonyl (C=O) groups is 3. The highest BCUT2D eigenvalue weighted by Crippen LogP contribution is 2.31. The van der Waals surface area contributed by atoms with Crippen LogP contribution in [0.2, 0.25) is 0 Å². The van der Waals surface area contributed by atoms with Crippen molar-refractivity contribution in [1.29, 1.82) is 0 Å². The molecule has 0 unspecified atom stereocenters. The number of esters is 1. The summed E-state index contributed by atoms with van der Waals surface area (Å²) in [6.07, 6.45) is -5.34. The van der Waals surface area contributed by atoms with Crippen molar-refractivity contribution in [1.82, 2.24) is 5.32 Å². The molecule has 0 aliphatic carbocycles. The molecule has 0 saturated carbocycles. The molecule has 27 heavy (non-hydrogen) atoms. The van der Waals surface area contributed by atoms with E-state index in [0.29, 0.717) is 5.56 Å². The summed E-state index contributed by atoms with van der Waals surface area (Å²) in [6.45, 7) is -0.342. The van der Waals surface area contributed by atoms with Crippen molar-refractivity contribution in [2.24, 2.45) is 0 Å². The monoisotopic (exact) mass is 391 g/mol. The summed E-state index contributed by atoms with van der Waals surface area (Å²) in [7, 11) is 3.92. The molecule has 0 saturated heterocycles. The van der Waals surface area contributed by atoms with Crippen molar-refractivity contribution in [2.45, 2.75) is 25.4 Å². The third kappa shape index (κ3) is 6.46. The molecule has 0 radical (unpaired) electrons. The molecule has 1 aromatic rings. The van der Waals surface area contributed by atoms with E-state index >= 15 is 0 Å². The van der Waals surface area contributed by atoms with Gasteiger partial charge in [-0.25, -0.2) is 0 Å². The number of benzene rings is 1. The zero-order valence-corrected chi connectivity index (χ0v) is 15.1. The van der Waals surface area contributed by atoms with Gasteiger partial charge in [-0.3, -0.25) is 14.4 Å². The summed E-state index contributed by atoms with van der Waals surface area (Å²) in [4.78, 5) is 34.6. The number of methoxy groups -OCH3 is 3. The minimum Gasteiger partial charge on any atom is -0.493 e. The molecule has 7 nitrogen and oxygen atoms in total. The van der Waals surface area contributed by atoms with E-state index in [1.165, 1.54) is 33.5 Å². The first-order valence-electron chi connectivity index (χ1n) is 7.84. The number of nitrogens with one attached hydrogen (secondary N) is 1. The van der Waals surface area contributed by atoms with Crippen LogP contribution in [0.15, 0.2) is 12.1 Å². The lowest BCUT2D eigenvalue weighted by Gasteiger charge is -2.15. The average molecular weight is 391 g/mol. The molecule has 10 heteroatoms. The average Bonchev–Trinajstić information content (AvgIpc) is 2.64. The van der Waals surface area contributed by atoms with Crippen LogP contribution in [0.25, 0.3) is 0 Å². The molecule has 0 aliphatic rings. The Hall–Kier alpha value is -2.78. The lowest BCUT2D eigenvalue weighted by Crippen LogP contribution is -2.37.